The number of rotatable bonds is 6. The second-order valence-corrected chi connectivity index (χ2v) is 4.67. The molecule has 0 atom stereocenters. The highest BCUT2D eigenvalue weighted by Crippen LogP contribution is 2.10. The zero-order chi connectivity index (χ0) is 10.8. The highest BCUT2D eigenvalue weighted by Gasteiger charge is 2.06. The van der Waals surface area contributed by atoms with Crippen LogP contribution in [0.3, 0.4) is 0 Å². The summed E-state index contributed by atoms with van der Waals surface area (Å²) in [5.74, 6) is 0. The van der Waals surface area contributed by atoms with E-state index in [-0.39, 0.29) is 0 Å². The van der Waals surface area contributed by atoms with Crippen molar-refractivity contribution in [2.75, 3.05) is 32.7 Å². The van der Waals surface area contributed by atoms with Gasteiger partial charge in [-0.3, -0.25) is 0 Å². The molecular weight excluding hydrogens is 184 g/mol. The number of nitrogens with zero attached hydrogens (tertiary/aromatic N) is 1. The fourth-order valence-corrected chi connectivity index (χ4v) is 2.30. The maximum Gasteiger partial charge on any atom is -0.00183 e. The quantitative estimate of drug-likeness (QED) is 0.681. The first-order chi connectivity index (χ1) is 7.43. The van der Waals surface area contributed by atoms with Gasteiger partial charge in [0.15, 0.2) is 0 Å². The van der Waals surface area contributed by atoms with Gasteiger partial charge in [-0.1, -0.05) is 26.2 Å². The van der Waals surface area contributed by atoms with Gasteiger partial charge in [0.2, 0.25) is 0 Å². The minimum Gasteiger partial charge on any atom is -0.317 e. The zero-order valence-electron chi connectivity index (χ0n) is 10.4. The van der Waals surface area contributed by atoms with Crippen molar-refractivity contribution in [2.24, 2.45) is 0 Å². The summed E-state index contributed by atoms with van der Waals surface area (Å²) in [6, 6.07) is 0. The molecule has 1 N–H and O–H groups in total. The molecule has 0 aromatic heterocycles. The largest absolute Gasteiger partial charge is 0.317 e. The summed E-state index contributed by atoms with van der Waals surface area (Å²) in [7, 11) is 0. The van der Waals surface area contributed by atoms with Gasteiger partial charge in [-0.25, -0.2) is 0 Å². The number of likely N-dealkylation sites (tertiary alicyclic amines) is 1. The second kappa shape index (κ2) is 9.17. The molecule has 0 amide bonds. The third kappa shape index (κ3) is 6.91. The summed E-state index contributed by atoms with van der Waals surface area (Å²) >= 11 is 0. The molecule has 15 heavy (non-hydrogen) atoms. The zero-order valence-corrected chi connectivity index (χ0v) is 10.4. The standard InChI is InChI=1S/C13H28N2/c1-2-14-10-6-9-13-15-11-7-4-3-5-8-12-15/h14H,2-13H2,1H3. The molecule has 1 aliphatic heterocycles. The van der Waals surface area contributed by atoms with Crippen LogP contribution in [0.2, 0.25) is 0 Å². The molecule has 0 bridgehead atoms. The molecule has 0 aromatic carbocycles. The van der Waals surface area contributed by atoms with E-state index in [0.717, 1.165) is 6.54 Å². The Balaban J connectivity index is 1.97. The van der Waals surface area contributed by atoms with Crippen molar-refractivity contribution in [1.29, 1.82) is 0 Å². The molecule has 0 aliphatic carbocycles. The van der Waals surface area contributed by atoms with E-state index in [9.17, 15) is 0 Å². The van der Waals surface area contributed by atoms with E-state index in [2.05, 4.69) is 17.1 Å². The molecular formula is C13H28N2. The maximum atomic E-state index is 3.39. The second-order valence-electron chi connectivity index (χ2n) is 4.67. The van der Waals surface area contributed by atoms with Crippen LogP contribution < -0.4 is 5.32 Å². The molecule has 1 heterocycles. The highest BCUT2D eigenvalue weighted by molar-refractivity contribution is 4.62. The van der Waals surface area contributed by atoms with Crippen LogP contribution in [-0.2, 0) is 0 Å². The van der Waals surface area contributed by atoms with Crippen LogP contribution in [0.1, 0.15) is 51.9 Å². The summed E-state index contributed by atoms with van der Waals surface area (Å²) in [4.78, 5) is 2.67. The number of hydrogen-bond acceptors (Lipinski definition) is 2. The van der Waals surface area contributed by atoms with Crippen molar-refractivity contribution in [3.63, 3.8) is 0 Å². The van der Waals surface area contributed by atoms with Gasteiger partial charge < -0.3 is 10.2 Å². The number of hydrogen-bond donors (Lipinski definition) is 1. The van der Waals surface area contributed by atoms with Crippen LogP contribution in [0.15, 0.2) is 0 Å². The lowest BCUT2D eigenvalue weighted by atomic mass is 10.1. The molecule has 1 rings (SSSR count). The fraction of sp³-hybridized carbons (Fsp3) is 1.00. The molecule has 90 valence electrons. The Morgan fingerprint density at radius 1 is 0.933 bits per heavy atom. The van der Waals surface area contributed by atoms with Crippen LogP contribution in [-0.4, -0.2) is 37.6 Å². The summed E-state index contributed by atoms with van der Waals surface area (Å²) in [6.45, 7) is 8.51. The van der Waals surface area contributed by atoms with E-state index in [0.29, 0.717) is 0 Å². The molecule has 0 aromatic rings. The first kappa shape index (κ1) is 13.0. The Hall–Kier alpha value is -0.0800. The van der Waals surface area contributed by atoms with Gasteiger partial charge >= 0.3 is 0 Å². The minimum absolute atomic E-state index is 1.11. The molecule has 2 heteroatoms. The first-order valence-corrected chi connectivity index (χ1v) is 6.86. The number of unbranched alkanes of at least 4 members (excludes halogenated alkanes) is 1. The van der Waals surface area contributed by atoms with E-state index in [1.54, 1.807) is 0 Å². The third-order valence-corrected chi connectivity index (χ3v) is 3.28. The van der Waals surface area contributed by atoms with Gasteiger partial charge in [0.1, 0.15) is 0 Å². The summed E-state index contributed by atoms with van der Waals surface area (Å²) < 4.78 is 0. The van der Waals surface area contributed by atoms with Gasteiger partial charge in [0.05, 0.1) is 0 Å². The lowest BCUT2D eigenvalue weighted by Crippen LogP contribution is -2.29. The van der Waals surface area contributed by atoms with Crippen LogP contribution in [0.25, 0.3) is 0 Å². The third-order valence-electron chi connectivity index (χ3n) is 3.28. The molecule has 1 fully saturated rings. The fourth-order valence-electron chi connectivity index (χ4n) is 2.30. The van der Waals surface area contributed by atoms with Crippen molar-refractivity contribution in [1.82, 2.24) is 10.2 Å². The lowest BCUT2D eigenvalue weighted by molar-refractivity contribution is 0.243. The van der Waals surface area contributed by atoms with Crippen molar-refractivity contribution < 1.29 is 0 Å². The van der Waals surface area contributed by atoms with Crippen LogP contribution >= 0.6 is 0 Å². The first-order valence-electron chi connectivity index (χ1n) is 6.86. The Morgan fingerprint density at radius 3 is 2.27 bits per heavy atom. The van der Waals surface area contributed by atoms with Gasteiger partial charge in [-0.15, -0.1) is 0 Å². The van der Waals surface area contributed by atoms with Crippen molar-refractivity contribution in [3.8, 4) is 0 Å². The molecule has 1 aliphatic rings. The van der Waals surface area contributed by atoms with Gasteiger partial charge in [-0.05, 0) is 58.4 Å². The smallest absolute Gasteiger partial charge is 0.00183 e. The predicted octanol–water partition coefficient (Wildman–Crippen LogP) is 2.64. The summed E-state index contributed by atoms with van der Waals surface area (Å²) in [5, 5.41) is 3.39. The van der Waals surface area contributed by atoms with E-state index >= 15 is 0 Å². The van der Waals surface area contributed by atoms with Crippen LogP contribution in [0.4, 0.5) is 0 Å². The summed E-state index contributed by atoms with van der Waals surface area (Å²) in [6.07, 6.45) is 9.92. The minimum atomic E-state index is 1.11. The Bertz CT molecular complexity index is 128. The molecule has 0 radical (unpaired) electrons. The van der Waals surface area contributed by atoms with E-state index < -0.39 is 0 Å². The van der Waals surface area contributed by atoms with E-state index in [1.165, 1.54) is 71.1 Å². The SMILES string of the molecule is CCNCCCCN1CCCCCCC1. The van der Waals surface area contributed by atoms with Crippen LogP contribution in [0, 0.1) is 0 Å². The molecule has 1 saturated heterocycles. The van der Waals surface area contributed by atoms with Crippen molar-refractivity contribution in [3.05, 3.63) is 0 Å². The lowest BCUT2D eigenvalue weighted by Gasteiger charge is -2.24. The summed E-state index contributed by atoms with van der Waals surface area (Å²) in [5.41, 5.74) is 0. The monoisotopic (exact) mass is 212 g/mol. The maximum absolute atomic E-state index is 3.39. The average Bonchev–Trinajstić information content (AvgIpc) is 2.20. The van der Waals surface area contributed by atoms with Crippen molar-refractivity contribution in [2.45, 2.75) is 51.9 Å². The normalized spacial score (nSPS) is 19.8. The van der Waals surface area contributed by atoms with E-state index in [4.69, 9.17) is 0 Å². The Kier molecular flexibility index (Phi) is 7.94. The number of nitrogens with one attached hydrogen (secondary N) is 1. The van der Waals surface area contributed by atoms with Gasteiger partial charge in [0.25, 0.3) is 0 Å². The molecule has 0 spiro atoms. The van der Waals surface area contributed by atoms with Crippen molar-refractivity contribution >= 4 is 0 Å². The average molecular weight is 212 g/mol. The Morgan fingerprint density at radius 2 is 1.60 bits per heavy atom. The molecule has 0 saturated carbocycles. The van der Waals surface area contributed by atoms with E-state index in [1.807, 2.05) is 0 Å². The topological polar surface area (TPSA) is 15.3 Å². The Labute approximate surface area is 95.4 Å². The predicted molar refractivity (Wildman–Crippen MR) is 67.3 cm³/mol. The van der Waals surface area contributed by atoms with Gasteiger partial charge in [-0.2, -0.15) is 0 Å². The molecule has 0 unspecified atom stereocenters. The van der Waals surface area contributed by atoms with Gasteiger partial charge in [0, 0.05) is 0 Å². The highest BCUT2D eigenvalue weighted by atomic mass is 15.1. The molecule has 2 nitrogen and oxygen atoms in total. The van der Waals surface area contributed by atoms with Crippen LogP contribution in [0.5, 0.6) is 0 Å².